The van der Waals surface area contributed by atoms with Crippen LogP contribution in [-0.2, 0) is 6.42 Å². The maximum Gasteiger partial charge on any atom is 0.126 e. The van der Waals surface area contributed by atoms with E-state index < -0.39 is 0 Å². The molecule has 0 saturated carbocycles. The van der Waals surface area contributed by atoms with Crippen LogP contribution in [0.1, 0.15) is 96.3 Å². The molecule has 0 bridgehead atoms. The molecule has 166 valence electrons. The SMILES string of the molecule is CC(C)=CCC/C(C)=C\CC/C(C)=C\CCC1(C)CCc2cc(O)c(C)c(C)c2O1. The molecule has 1 aliphatic heterocycles. The first kappa shape index (κ1) is 24.3. The first-order valence-electron chi connectivity index (χ1n) is 11.6. The van der Waals surface area contributed by atoms with Crippen molar-refractivity contribution in [2.24, 2.45) is 0 Å². The molecule has 1 aliphatic rings. The summed E-state index contributed by atoms with van der Waals surface area (Å²) >= 11 is 0. The third kappa shape index (κ3) is 7.07. The fourth-order valence-electron chi connectivity index (χ4n) is 4.11. The fraction of sp³-hybridized carbons (Fsp3) is 0.571. The van der Waals surface area contributed by atoms with Crippen LogP contribution in [0.2, 0.25) is 0 Å². The number of ether oxygens (including phenoxy) is 1. The summed E-state index contributed by atoms with van der Waals surface area (Å²) in [6.07, 6.45) is 15.8. The molecule has 1 heterocycles. The first-order chi connectivity index (χ1) is 14.1. The lowest BCUT2D eigenvalue weighted by Crippen LogP contribution is -2.36. The van der Waals surface area contributed by atoms with E-state index in [0.29, 0.717) is 5.75 Å². The first-order valence-corrected chi connectivity index (χ1v) is 11.6. The minimum absolute atomic E-state index is 0.126. The lowest BCUT2D eigenvalue weighted by atomic mass is 9.87. The van der Waals surface area contributed by atoms with E-state index >= 15 is 0 Å². The second-order valence-corrected chi connectivity index (χ2v) is 9.68. The van der Waals surface area contributed by atoms with Gasteiger partial charge in [0.15, 0.2) is 0 Å². The molecule has 0 amide bonds. The summed E-state index contributed by atoms with van der Waals surface area (Å²) < 4.78 is 6.48. The van der Waals surface area contributed by atoms with Crippen molar-refractivity contribution in [3.05, 3.63) is 57.7 Å². The molecule has 0 aliphatic carbocycles. The molecule has 1 aromatic carbocycles. The molecule has 0 saturated heterocycles. The van der Waals surface area contributed by atoms with Crippen molar-refractivity contribution in [3.63, 3.8) is 0 Å². The molecule has 0 radical (unpaired) electrons. The van der Waals surface area contributed by atoms with E-state index in [1.54, 1.807) is 0 Å². The third-order valence-electron chi connectivity index (χ3n) is 6.45. The van der Waals surface area contributed by atoms with Gasteiger partial charge in [-0.15, -0.1) is 0 Å². The number of hydrogen-bond acceptors (Lipinski definition) is 2. The maximum absolute atomic E-state index is 10.1. The molecule has 1 N–H and O–H groups in total. The Balaban J connectivity index is 1.83. The third-order valence-corrected chi connectivity index (χ3v) is 6.45. The Hall–Kier alpha value is -1.96. The van der Waals surface area contributed by atoms with Crippen LogP contribution in [0.4, 0.5) is 0 Å². The zero-order valence-electron chi connectivity index (χ0n) is 20.3. The molecule has 30 heavy (non-hydrogen) atoms. The van der Waals surface area contributed by atoms with Crippen LogP contribution in [0.15, 0.2) is 41.0 Å². The summed E-state index contributed by atoms with van der Waals surface area (Å²) in [5.41, 5.74) is 7.40. The van der Waals surface area contributed by atoms with Gasteiger partial charge in [0, 0.05) is 0 Å². The number of fused-ring (bicyclic) bond motifs is 1. The van der Waals surface area contributed by atoms with Gasteiger partial charge in [0.05, 0.1) is 0 Å². The summed E-state index contributed by atoms with van der Waals surface area (Å²) in [6, 6.07) is 1.89. The zero-order chi connectivity index (χ0) is 22.3. The van der Waals surface area contributed by atoms with Crippen molar-refractivity contribution in [3.8, 4) is 11.5 Å². The topological polar surface area (TPSA) is 29.5 Å². The van der Waals surface area contributed by atoms with Gasteiger partial charge in [-0.2, -0.15) is 0 Å². The number of allylic oxidation sites excluding steroid dienone is 6. The largest absolute Gasteiger partial charge is 0.508 e. The lowest BCUT2D eigenvalue weighted by Gasteiger charge is -2.37. The summed E-state index contributed by atoms with van der Waals surface area (Å²) in [7, 11) is 0. The van der Waals surface area contributed by atoms with E-state index in [2.05, 4.69) is 59.8 Å². The minimum Gasteiger partial charge on any atom is -0.508 e. The number of hydrogen-bond donors (Lipinski definition) is 1. The van der Waals surface area contributed by atoms with Gasteiger partial charge < -0.3 is 9.84 Å². The summed E-state index contributed by atoms with van der Waals surface area (Å²) in [4.78, 5) is 0. The van der Waals surface area contributed by atoms with Gasteiger partial charge in [-0.05, 0) is 123 Å². The van der Waals surface area contributed by atoms with Gasteiger partial charge >= 0.3 is 0 Å². The molecule has 2 rings (SSSR count). The van der Waals surface area contributed by atoms with Crippen LogP contribution in [0.25, 0.3) is 0 Å². The Morgan fingerprint density at radius 3 is 2.20 bits per heavy atom. The van der Waals surface area contributed by atoms with Crippen molar-refractivity contribution in [1.29, 1.82) is 0 Å². The molecule has 2 heteroatoms. The van der Waals surface area contributed by atoms with Gasteiger partial charge in [-0.3, -0.25) is 0 Å². The Bertz CT molecular complexity index is 822. The highest BCUT2D eigenvalue weighted by atomic mass is 16.5. The fourth-order valence-corrected chi connectivity index (χ4v) is 4.11. The average molecular weight is 411 g/mol. The highest BCUT2D eigenvalue weighted by molar-refractivity contribution is 5.53. The molecule has 2 nitrogen and oxygen atoms in total. The standard InChI is InChI=1S/C28H42O2/c1-20(2)11-8-12-21(3)13-9-14-22(4)15-10-17-28(7)18-16-25-19-26(29)23(5)24(6)27(25)30-28/h11,13,15,19,29H,8-10,12,14,16-18H2,1-7H3/b21-13-,22-15-. The molecular weight excluding hydrogens is 368 g/mol. The maximum atomic E-state index is 10.1. The van der Waals surface area contributed by atoms with Crippen molar-refractivity contribution in [2.45, 2.75) is 105 Å². The van der Waals surface area contributed by atoms with Gasteiger partial charge in [0.25, 0.3) is 0 Å². The van der Waals surface area contributed by atoms with Crippen molar-refractivity contribution >= 4 is 0 Å². The van der Waals surface area contributed by atoms with Crippen LogP contribution in [0.5, 0.6) is 11.5 Å². The highest BCUT2D eigenvalue weighted by Crippen LogP contribution is 2.41. The molecule has 1 atom stereocenters. The van der Waals surface area contributed by atoms with Gasteiger partial charge in [0.2, 0.25) is 0 Å². The van der Waals surface area contributed by atoms with Crippen LogP contribution < -0.4 is 4.74 Å². The van der Waals surface area contributed by atoms with Crippen molar-refractivity contribution in [2.75, 3.05) is 0 Å². The van der Waals surface area contributed by atoms with E-state index in [4.69, 9.17) is 4.74 Å². The average Bonchev–Trinajstić information content (AvgIpc) is 2.67. The quantitative estimate of drug-likeness (QED) is 0.415. The molecule has 1 aromatic rings. The monoisotopic (exact) mass is 410 g/mol. The number of rotatable bonds is 9. The number of aromatic hydroxyl groups is 1. The van der Waals surface area contributed by atoms with Crippen molar-refractivity contribution < 1.29 is 9.84 Å². The molecule has 0 aromatic heterocycles. The molecule has 0 fully saturated rings. The lowest BCUT2D eigenvalue weighted by molar-refractivity contribution is 0.0560. The van der Waals surface area contributed by atoms with Gasteiger partial charge in [-0.25, -0.2) is 0 Å². The Morgan fingerprint density at radius 2 is 1.57 bits per heavy atom. The van der Waals surface area contributed by atoms with Gasteiger partial charge in [0.1, 0.15) is 17.1 Å². The Labute approximate surface area is 184 Å². The number of benzene rings is 1. The van der Waals surface area contributed by atoms with Crippen LogP contribution in [-0.4, -0.2) is 10.7 Å². The van der Waals surface area contributed by atoms with Crippen LogP contribution in [0.3, 0.4) is 0 Å². The molecule has 1 unspecified atom stereocenters. The van der Waals surface area contributed by atoms with E-state index in [1.807, 2.05) is 13.0 Å². The second kappa shape index (κ2) is 10.9. The van der Waals surface area contributed by atoms with E-state index in [9.17, 15) is 5.11 Å². The van der Waals surface area contributed by atoms with E-state index in [1.165, 1.54) is 23.1 Å². The highest BCUT2D eigenvalue weighted by Gasteiger charge is 2.32. The number of aryl methyl sites for hydroxylation is 1. The zero-order valence-corrected chi connectivity index (χ0v) is 20.3. The summed E-state index contributed by atoms with van der Waals surface area (Å²) in [5, 5.41) is 10.1. The smallest absolute Gasteiger partial charge is 0.126 e. The summed E-state index contributed by atoms with van der Waals surface area (Å²) in [6.45, 7) is 15.1. The second-order valence-electron chi connectivity index (χ2n) is 9.68. The van der Waals surface area contributed by atoms with Crippen LogP contribution >= 0.6 is 0 Å². The summed E-state index contributed by atoms with van der Waals surface area (Å²) in [5.74, 6) is 1.38. The number of phenolic OH excluding ortho intramolecular Hbond substituents is 1. The number of phenols is 1. The molecule has 0 spiro atoms. The van der Waals surface area contributed by atoms with Crippen LogP contribution in [0, 0.1) is 13.8 Å². The predicted octanol–water partition coefficient (Wildman–Crippen LogP) is 8.29. The molecular formula is C28H42O2. The Kier molecular flexibility index (Phi) is 8.82. The predicted molar refractivity (Wildman–Crippen MR) is 130 cm³/mol. The Morgan fingerprint density at radius 1 is 0.967 bits per heavy atom. The normalized spacial score (nSPS) is 19.3. The van der Waals surface area contributed by atoms with Crippen molar-refractivity contribution in [1.82, 2.24) is 0 Å². The van der Waals surface area contributed by atoms with E-state index in [-0.39, 0.29) is 5.60 Å². The minimum atomic E-state index is -0.126. The van der Waals surface area contributed by atoms with E-state index in [0.717, 1.165) is 67.4 Å². The van der Waals surface area contributed by atoms with Gasteiger partial charge in [-0.1, -0.05) is 34.9 Å².